The summed E-state index contributed by atoms with van der Waals surface area (Å²) in [6.45, 7) is 0. The zero-order valence-corrected chi connectivity index (χ0v) is 4.06. The van der Waals surface area contributed by atoms with Gasteiger partial charge in [0.05, 0.1) is 6.20 Å². The number of nitrogens with zero attached hydrogens (tertiary/aromatic N) is 1. The molecule has 0 saturated carbocycles. The summed E-state index contributed by atoms with van der Waals surface area (Å²) in [7, 11) is 0. The van der Waals surface area contributed by atoms with Crippen molar-refractivity contribution < 1.29 is 4.39 Å². The van der Waals surface area contributed by atoms with Crippen LogP contribution in [0.2, 0.25) is 0 Å². The van der Waals surface area contributed by atoms with Gasteiger partial charge in [-0.2, -0.15) is 0 Å². The Morgan fingerprint density at radius 3 is 2.88 bits per heavy atom. The van der Waals surface area contributed by atoms with Crippen LogP contribution in [-0.4, -0.2) is 4.98 Å². The van der Waals surface area contributed by atoms with Crippen molar-refractivity contribution in [3.05, 3.63) is 24.1 Å². The van der Waals surface area contributed by atoms with Crippen molar-refractivity contribution in [2.75, 3.05) is 5.73 Å². The predicted octanol–water partition coefficient (Wildman–Crippen LogP) is 0.603. The van der Waals surface area contributed by atoms with E-state index in [1.165, 1.54) is 0 Å². The number of nitrogens with two attached hydrogens (primary N) is 1. The molecule has 1 radical (unpaired) electrons. The molecule has 1 aromatic rings. The van der Waals surface area contributed by atoms with Crippen LogP contribution in [0.25, 0.3) is 0 Å². The number of anilines is 1. The monoisotopic (exact) mass is 111 g/mol. The standard InChI is InChI=1S/C5H4FN2/c6-4-1-2-8-5(7)3-4/h1,3H,(H2,7,8). The van der Waals surface area contributed by atoms with Gasteiger partial charge < -0.3 is 5.73 Å². The molecule has 0 saturated heterocycles. The maximum Gasteiger partial charge on any atom is 0.129 e. The number of rotatable bonds is 0. The molecular formula is C5H4FN2. The van der Waals surface area contributed by atoms with Crippen LogP contribution in [0.15, 0.2) is 12.1 Å². The molecule has 1 heterocycles. The fourth-order valence-electron chi connectivity index (χ4n) is 0.384. The van der Waals surface area contributed by atoms with Gasteiger partial charge in [-0.05, 0) is 0 Å². The van der Waals surface area contributed by atoms with E-state index in [-0.39, 0.29) is 5.82 Å². The van der Waals surface area contributed by atoms with Crippen LogP contribution in [0.1, 0.15) is 0 Å². The lowest BCUT2D eigenvalue weighted by Crippen LogP contribution is -1.88. The molecule has 0 aliphatic heterocycles. The van der Waals surface area contributed by atoms with Crippen molar-refractivity contribution in [2.45, 2.75) is 0 Å². The van der Waals surface area contributed by atoms with Crippen LogP contribution in [0.4, 0.5) is 10.2 Å². The minimum atomic E-state index is -0.405. The first-order chi connectivity index (χ1) is 3.79. The van der Waals surface area contributed by atoms with E-state index in [0.717, 1.165) is 12.1 Å². The van der Waals surface area contributed by atoms with Crippen molar-refractivity contribution in [1.82, 2.24) is 4.98 Å². The molecule has 0 fully saturated rings. The number of hydrogen-bond donors (Lipinski definition) is 1. The second-order valence-electron chi connectivity index (χ2n) is 1.34. The highest BCUT2D eigenvalue weighted by Gasteiger charge is 1.87. The van der Waals surface area contributed by atoms with E-state index >= 15 is 0 Å². The van der Waals surface area contributed by atoms with Crippen molar-refractivity contribution in [3.8, 4) is 0 Å². The van der Waals surface area contributed by atoms with Crippen molar-refractivity contribution >= 4 is 5.82 Å². The highest BCUT2D eigenvalue weighted by molar-refractivity contribution is 5.25. The lowest BCUT2D eigenvalue weighted by molar-refractivity contribution is 0.626. The molecule has 0 aliphatic rings. The van der Waals surface area contributed by atoms with E-state index < -0.39 is 5.82 Å². The maximum absolute atomic E-state index is 12.0. The summed E-state index contributed by atoms with van der Waals surface area (Å²) in [5.41, 5.74) is 5.08. The van der Waals surface area contributed by atoms with Crippen molar-refractivity contribution in [3.63, 3.8) is 0 Å². The summed E-state index contributed by atoms with van der Waals surface area (Å²) in [5, 5.41) is 0. The first-order valence-electron chi connectivity index (χ1n) is 2.08. The number of halogens is 1. The zero-order chi connectivity index (χ0) is 5.98. The minimum absolute atomic E-state index is 0.157. The number of nitrogen functional groups attached to an aromatic ring is 1. The van der Waals surface area contributed by atoms with E-state index in [1.807, 2.05) is 0 Å². The molecular weight excluding hydrogens is 107 g/mol. The lowest BCUT2D eigenvalue weighted by Gasteiger charge is -1.86. The maximum atomic E-state index is 12.0. The number of aromatic nitrogens is 1. The van der Waals surface area contributed by atoms with Crippen LogP contribution >= 0.6 is 0 Å². The molecule has 0 atom stereocenters. The molecule has 0 spiro atoms. The Kier molecular flexibility index (Phi) is 1.12. The molecule has 0 bridgehead atoms. The van der Waals surface area contributed by atoms with Crippen molar-refractivity contribution in [2.24, 2.45) is 0 Å². The van der Waals surface area contributed by atoms with Gasteiger partial charge >= 0.3 is 0 Å². The Labute approximate surface area is 46.2 Å². The first kappa shape index (κ1) is 5.03. The van der Waals surface area contributed by atoms with Crippen LogP contribution in [0, 0.1) is 12.0 Å². The SMILES string of the molecule is Nc1cc(F)c[c]n1. The highest BCUT2D eigenvalue weighted by atomic mass is 19.1. The molecule has 1 aromatic heterocycles. The molecule has 0 unspecified atom stereocenters. The third-order valence-electron chi connectivity index (χ3n) is 0.682. The lowest BCUT2D eigenvalue weighted by atomic mass is 10.4. The van der Waals surface area contributed by atoms with E-state index in [2.05, 4.69) is 11.2 Å². The molecule has 2 nitrogen and oxygen atoms in total. The van der Waals surface area contributed by atoms with Crippen LogP contribution in [-0.2, 0) is 0 Å². The highest BCUT2D eigenvalue weighted by Crippen LogP contribution is 1.97. The molecule has 1 rings (SSSR count). The summed E-state index contributed by atoms with van der Waals surface area (Å²) in [4.78, 5) is 3.45. The van der Waals surface area contributed by atoms with Gasteiger partial charge in [0.1, 0.15) is 11.6 Å². The van der Waals surface area contributed by atoms with E-state index in [1.54, 1.807) is 0 Å². The fraction of sp³-hybridized carbons (Fsp3) is 0. The Bertz CT molecular complexity index is 170. The van der Waals surface area contributed by atoms with Gasteiger partial charge in [-0.25, -0.2) is 9.37 Å². The van der Waals surface area contributed by atoms with Gasteiger partial charge in [0.15, 0.2) is 0 Å². The number of hydrogen-bond acceptors (Lipinski definition) is 2. The van der Waals surface area contributed by atoms with Gasteiger partial charge in [-0.1, -0.05) is 0 Å². The zero-order valence-electron chi connectivity index (χ0n) is 4.06. The molecule has 0 aliphatic carbocycles. The first-order valence-corrected chi connectivity index (χ1v) is 2.08. The molecule has 8 heavy (non-hydrogen) atoms. The minimum Gasteiger partial charge on any atom is -0.384 e. The average molecular weight is 111 g/mol. The fourth-order valence-corrected chi connectivity index (χ4v) is 0.384. The Morgan fingerprint density at radius 1 is 1.75 bits per heavy atom. The summed E-state index contributed by atoms with van der Waals surface area (Å²) >= 11 is 0. The van der Waals surface area contributed by atoms with Gasteiger partial charge in [0.25, 0.3) is 0 Å². The summed E-state index contributed by atoms with van der Waals surface area (Å²) in [6, 6.07) is 2.26. The molecule has 0 amide bonds. The van der Waals surface area contributed by atoms with Crippen LogP contribution in [0.3, 0.4) is 0 Å². The largest absolute Gasteiger partial charge is 0.384 e. The van der Waals surface area contributed by atoms with Crippen LogP contribution in [0.5, 0.6) is 0 Å². The smallest absolute Gasteiger partial charge is 0.129 e. The van der Waals surface area contributed by atoms with Crippen molar-refractivity contribution in [1.29, 1.82) is 0 Å². The van der Waals surface area contributed by atoms with E-state index in [4.69, 9.17) is 5.73 Å². The van der Waals surface area contributed by atoms with E-state index in [0.29, 0.717) is 0 Å². The average Bonchev–Trinajstić information content (AvgIpc) is 1.64. The summed E-state index contributed by atoms with van der Waals surface area (Å²) in [6.07, 6.45) is 2.28. The second-order valence-corrected chi connectivity index (χ2v) is 1.34. The van der Waals surface area contributed by atoms with E-state index in [9.17, 15) is 4.39 Å². The Morgan fingerprint density at radius 2 is 2.50 bits per heavy atom. The molecule has 41 valence electrons. The van der Waals surface area contributed by atoms with Gasteiger partial charge in [-0.15, -0.1) is 0 Å². The summed E-state index contributed by atoms with van der Waals surface area (Å²) in [5.74, 6) is -0.248. The predicted molar refractivity (Wildman–Crippen MR) is 27.4 cm³/mol. The third-order valence-corrected chi connectivity index (χ3v) is 0.682. The second kappa shape index (κ2) is 1.78. The quantitative estimate of drug-likeness (QED) is 0.532. The Hall–Kier alpha value is -1.12. The number of pyridine rings is 1. The molecule has 0 aromatic carbocycles. The topological polar surface area (TPSA) is 38.9 Å². The van der Waals surface area contributed by atoms with Crippen LogP contribution < -0.4 is 5.73 Å². The van der Waals surface area contributed by atoms with Gasteiger partial charge in [0, 0.05) is 12.1 Å². The third kappa shape index (κ3) is 0.932. The molecule has 2 N–H and O–H groups in total. The molecule has 3 heteroatoms. The summed E-state index contributed by atoms with van der Waals surface area (Å²) < 4.78 is 12.0. The van der Waals surface area contributed by atoms with Gasteiger partial charge in [0.2, 0.25) is 0 Å². The Balaban J connectivity index is 3.08. The van der Waals surface area contributed by atoms with Gasteiger partial charge in [-0.3, -0.25) is 0 Å². The normalized spacial score (nSPS) is 9.12.